The van der Waals surface area contributed by atoms with E-state index in [2.05, 4.69) is 0 Å². The smallest absolute Gasteiger partial charge is 0.250 e. The molecule has 0 unspecified atom stereocenters. The fraction of sp³-hybridized carbons (Fsp3) is 0.271. The van der Waals surface area contributed by atoms with Gasteiger partial charge in [0, 0.05) is 63.8 Å². The summed E-state index contributed by atoms with van der Waals surface area (Å²) < 4.78 is 80.5. The number of sulfonamides is 2. The topological polar surface area (TPSA) is 176 Å². The Kier molecular flexibility index (Phi) is 18.0. The summed E-state index contributed by atoms with van der Waals surface area (Å²) in [5.41, 5.74) is 2.48. The normalized spacial score (nSPS) is 11.5. The van der Waals surface area contributed by atoms with Gasteiger partial charge in [-0.25, -0.2) is 16.8 Å². The molecule has 0 bridgehead atoms. The molecule has 0 aliphatic carbocycles. The molecule has 0 atom stereocenters. The number of likely N-dealkylation sites (N-methyl/N-ethyl adjacent to an activating group) is 1. The summed E-state index contributed by atoms with van der Waals surface area (Å²) in [6, 6.07) is 33.9. The fourth-order valence-electron chi connectivity index (χ4n) is 6.52. The molecule has 16 nitrogen and oxygen atoms in total. The molecule has 0 aliphatic heterocycles. The molecule has 2 aromatic heterocycles. The summed E-state index contributed by atoms with van der Waals surface area (Å²) in [5, 5.41) is 0. The van der Waals surface area contributed by atoms with Gasteiger partial charge in [0.15, 0.2) is 0 Å². The molecule has 0 amide bonds. The highest BCUT2D eigenvalue weighted by Crippen LogP contribution is 2.25. The van der Waals surface area contributed by atoms with Crippen LogP contribution in [0.15, 0.2) is 153 Å². The van der Waals surface area contributed by atoms with Crippen LogP contribution >= 0.6 is 0 Å². The lowest BCUT2D eigenvalue weighted by Crippen LogP contribution is -2.32. The number of nitrogens with zero attached hydrogens (tertiary/aromatic N) is 5. The van der Waals surface area contributed by atoms with Gasteiger partial charge >= 0.3 is 0 Å². The van der Waals surface area contributed by atoms with Crippen molar-refractivity contribution in [3.63, 3.8) is 0 Å². The number of benzene rings is 4. The van der Waals surface area contributed by atoms with Gasteiger partial charge in [-0.2, -0.15) is 8.61 Å². The first-order valence-corrected chi connectivity index (χ1v) is 23.5. The van der Waals surface area contributed by atoms with Gasteiger partial charge in [0.05, 0.1) is 44.8 Å². The minimum Gasteiger partial charge on any atom is -0.497 e. The molecule has 350 valence electrons. The highest BCUT2D eigenvalue weighted by Gasteiger charge is 2.27. The van der Waals surface area contributed by atoms with E-state index < -0.39 is 25.6 Å². The van der Waals surface area contributed by atoms with Crippen molar-refractivity contribution in [3.05, 3.63) is 177 Å². The Morgan fingerprint density at radius 1 is 0.470 bits per heavy atom. The van der Waals surface area contributed by atoms with E-state index in [0.29, 0.717) is 42.4 Å². The molecule has 0 saturated carbocycles. The van der Waals surface area contributed by atoms with Crippen molar-refractivity contribution in [2.24, 2.45) is 0 Å². The zero-order valence-electron chi connectivity index (χ0n) is 37.8. The first kappa shape index (κ1) is 50.4. The maximum atomic E-state index is 13.7. The van der Waals surface area contributed by atoms with Crippen LogP contribution in [0.2, 0.25) is 0 Å². The van der Waals surface area contributed by atoms with Gasteiger partial charge in [-0.15, -0.1) is 0 Å². The third kappa shape index (κ3) is 13.7. The van der Waals surface area contributed by atoms with Crippen molar-refractivity contribution in [2.45, 2.75) is 49.1 Å². The van der Waals surface area contributed by atoms with Crippen molar-refractivity contribution in [2.75, 3.05) is 49.1 Å². The van der Waals surface area contributed by atoms with Crippen LogP contribution in [-0.4, -0.2) is 94.8 Å². The van der Waals surface area contributed by atoms with Crippen LogP contribution in [0.3, 0.4) is 0 Å². The quantitative estimate of drug-likeness (QED) is 0.0857. The summed E-state index contributed by atoms with van der Waals surface area (Å²) >= 11 is 0. The zero-order valence-corrected chi connectivity index (χ0v) is 39.4. The summed E-state index contributed by atoms with van der Waals surface area (Å²) in [7, 11) is 2.19. The molecular formula is C48H55N5O11S2. The minimum atomic E-state index is -3.99. The monoisotopic (exact) mass is 941 g/mol. The van der Waals surface area contributed by atoms with Gasteiger partial charge in [0.25, 0.3) is 11.1 Å². The van der Waals surface area contributed by atoms with Crippen LogP contribution < -0.4 is 30.1 Å². The van der Waals surface area contributed by atoms with Gasteiger partial charge in [-0.3, -0.25) is 9.59 Å². The predicted octanol–water partition coefficient (Wildman–Crippen LogP) is 5.27. The molecule has 0 saturated heterocycles. The van der Waals surface area contributed by atoms with Crippen molar-refractivity contribution < 1.29 is 40.6 Å². The summed E-state index contributed by atoms with van der Waals surface area (Å²) in [6.07, 6.45) is 3.17. The number of aromatic nitrogens is 2. The largest absolute Gasteiger partial charge is 0.497 e. The predicted molar refractivity (Wildman–Crippen MR) is 251 cm³/mol. The Hall–Kier alpha value is -6.57. The number of pyridine rings is 2. The van der Waals surface area contributed by atoms with Gasteiger partial charge < -0.3 is 37.8 Å². The maximum Gasteiger partial charge on any atom is 0.250 e. The van der Waals surface area contributed by atoms with E-state index in [1.54, 1.807) is 101 Å². The second-order valence-corrected chi connectivity index (χ2v) is 19.0. The lowest BCUT2D eigenvalue weighted by Gasteiger charge is -2.23. The average molecular weight is 942 g/mol. The van der Waals surface area contributed by atoms with Crippen LogP contribution in [-0.2, 0) is 64.1 Å². The van der Waals surface area contributed by atoms with Gasteiger partial charge in [0.2, 0.25) is 20.0 Å². The molecule has 6 rings (SSSR count). The van der Waals surface area contributed by atoms with Crippen molar-refractivity contribution >= 4 is 26.3 Å². The number of hydrogen-bond acceptors (Lipinski definition) is 12. The summed E-state index contributed by atoms with van der Waals surface area (Å²) in [5.74, 6) is 2.72. The molecule has 0 N–H and O–H groups in total. The molecule has 18 heteroatoms. The van der Waals surface area contributed by atoms with Crippen LogP contribution in [0.4, 0.5) is 0 Å². The van der Waals surface area contributed by atoms with Crippen LogP contribution in [0.25, 0.3) is 0 Å². The second kappa shape index (κ2) is 23.6. The third-order valence-electron chi connectivity index (χ3n) is 10.3. The Balaban J connectivity index is 0.000000248. The van der Waals surface area contributed by atoms with Gasteiger partial charge in [-0.05, 0) is 97.0 Å². The first-order valence-electron chi connectivity index (χ1n) is 20.6. The number of aldehydes is 1. The average Bonchev–Trinajstić information content (AvgIpc) is 3.32. The Morgan fingerprint density at radius 3 is 1.06 bits per heavy atom. The van der Waals surface area contributed by atoms with Gasteiger partial charge in [-0.1, -0.05) is 48.5 Å². The molecule has 6 aromatic rings. The summed E-state index contributed by atoms with van der Waals surface area (Å²) in [4.78, 5) is 37.0. The molecule has 4 aromatic carbocycles. The number of hydrogen-bond donors (Lipinski definition) is 0. The van der Waals surface area contributed by atoms with Crippen molar-refractivity contribution in [1.29, 1.82) is 0 Å². The number of carbonyl (C=O) groups excluding carboxylic acids is 1. The van der Waals surface area contributed by atoms with E-state index in [-0.39, 0.29) is 48.1 Å². The van der Waals surface area contributed by atoms with Crippen molar-refractivity contribution in [3.8, 4) is 23.0 Å². The van der Waals surface area contributed by atoms with E-state index in [9.17, 15) is 31.2 Å². The zero-order chi connectivity index (χ0) is 47.9. The number of ether oxygens (including phenoxy) is 4. The fourth-order valence-corrected chi connectivity index (χ4v) is 9.39. The van der Waals surface area contributed by atoms with E-state index in [0.717, 1.165) is 32.9 Å². The minimum absolute atomic E-state index is 0.0685. The molecule has 0 aliphatic rings. The van der Waals surface area contributed by atoms with E-state index in [4.69, 9.17) is 18.9 Å². The Bertz CT molecular complexity index is 2750. The molecule has 2 heterocycles. The highest BCUT2D eigenvalue weighted by molar-refractivity contribution is 7.89. The SMILES string of the molecule is COc1ccc(CN(Cc2ccc(OC)cc2)S(=O)(=O)c2ccc(=O)n(CC=O)c2)cc1.COc1ccc(CN(Cc2ccc(OC)cc2)S(=O)(=O)c2ccc(=O)n(CCN(C)C)c2)cc1. The highest BCUT2D eigenvalue weighted by atomic mass is 32.2. The maximum absolute atomic E-state index is 13.7. The molecule has 0 spiro atoms. The number of carbonyl (C=O) groups is 1. The number of methoxy groups -OCH3 is 4. The molecule has 66 heavy (non-hydrogen) atoms. The standard InChI is InChI=1S/C25H31N3O5S.C23H24N2O6S/c1-26(2)15-16-27-19-24(13-14-25(27)29)34(30,31)28(17-20-5-9-22(32-3)10-6-20)18-21-7-11-23(33-4)12-8-21;1-30-20-7-3-18(4-8-20)15-25(16-19-5-9-21(31-2)10-6-19)32(28,29)22-11-12-23(27)24(17-22)13-14-26/h5-14,19H,15-18H2,1-4H3;3-12,14,17H,13,15-16H2,1-2H3. The molecular weight excluding hydrogens is 887 g/mol. The van der Waals surface area contributed by atoms with E-state index in [1.165, 1.54) is 43.8 Å². The lowest BCUT2D eigenvalue weighted by atomic mass is 10.2. The van der Waals surface area contributed by atoms with Gasteiger partial charge in [0.1, 0.15) is 29.3 Å². The van der Waals surface area contributed by atoms with E-state index in [1.807, 2.05) is 43.3 Å². The first-order chi connectivity index (χ1) is 31.6. The van der Waals surface area contributed by atoms with Crippen LogP contribution in [0.5, 0.6) is 23.0 Å². The molecule has 0 fully saturated rings. The van der Waals surface area contributed by atoms with E-state index >= 15 is 0 Å². The molecule has 0 radical (unpaired) electrons. The summed E-state index contributed by atoms with van der Waals surface area (Å²) in [6.45, 7) is 1.32. The Labute approximate surface area is 385 Å². The second-order valence-electron chi connectivity index (χ2n) is 15.2. The third-order valence-corrected chi connectivity index (χ3v) is 13.9. The van der Waals surface area contributed by atoms with Crippen LogP contribution in [0.1, 0.15) is 22.3 Å². The van der Waals surface area contributed by atoms with Crippen LogP contribution in [0, 0.1) is 0 Å². The Morgan fingerprint density at radius 2 is 0.773 bits per heavy atom. The van der Waals surface area contributed by atoms with Crippen molar-refractivity contribution in [1.82, 2.24) is 22.6 Å². The number of rotatable bonds is 21. The lowest BCUT2D eigenvalue weighted by molar-refractivity contribution is -0.108.